The fraction of sp³-hybridized carbons (Fsp3) is 0.385. The molecule has 0 atom stereocenters. The fourth-order valence-corrected chi connectivity index (χ4v) is 9.02. The van der Waals surface area contributed by atoms with Gasteiger partial charge in [-0.3, -0.25) is 9.88 Å². The summed E-state index contributed by atoms with van der Waals surface area (Å²) < 4.78 is 33.0. The molecule has 4 N–H and O–H groups in total. The lowest BCUT2D eigenvalue weighted by atomic mass is 9.91. The van der Waals surface area contributed by atoms with Crippen LogP contribution in [0.3, 0.4) is 0 Å². The number of piperazine rings is 1. The molecule has 0 amide bonds. The largest absolute Gasteiger partial charge is 0.492 e. The van der Waals surface area contributed by atoms with Gasteiger partial charge in [-0.1, -0.05) is 36.4 Å². The van der Waals surface area contributed by atoms with Crippen molar-refractivity contribution in [2.75, 3.05) is 39.3 Å². The normalized spacial score (nSPS) is 17.4. The number of H-pyrrole nitrogens is 1. The SMILES string of the molecule is NCCOc1cc(C2CC2)ccc1Cc1cccc(-c2ccnc3[nH]c(-c4ccc(CN5CCN(S(=O)(=O)C6CC6)CC5)cn4)cc23)c1CO. The Labute approximate surface area is 293 Å². The van der Waals surface area contributed by atoms with Gasteiger partial charge in [-0.2, -0.15) is 4.31 Å². The average molecular weight is 693 g/mol. The fourth-order valence-electron chi connectivity index (χ4n) is 7.19. The second kappa shape index (κ2) is 13.9. The molecule has 0 bridgehead atoms. The van der Waals surface area contributed by atoms with Crippen LogP contribution in [-0.2, 0) is 29.6 Å². The Hall–Kier alpha value is -4.13. The van der Waals surface area contributed by atoms with Crippen LogP contribution in [0.15, 0.2) is 73.1 Å². The number of nitrogens with zero attached hydrogens (tertiary/aromatic N) is 4. The minimum Gasteiger partial charge on any atom is -0.492 e. The Morgan fingerprint density at radius 1 is 0.920 bits per heavy atom. The minimum atomic E-state index is -3.11. The van der Waals surface area contributed by atoms with E-state index in [-0.39, 0.29) is 11.9 Å². The molecule has 260 valence electrons. The number of hydrogen-bond acceptors (Lipinski definition) is 8. The summed E-state index contributed by atoms with van der Waals surface area (Å²) >= 11 is 0. The third kappa shape index (κ3) is 6.80. The molecule has 0 radical (unpaired) electrons. The Morgan fingerprint density at radius 2 is 1.76 bits per heavy atom. The first-order valence-electron chi connectivity index (χ1n) is 17.7. The molecule has 2 saturated carbocycles. The van der Waals surface area contributed by atoms with Crippen molar-refractivity contribution >= 4 is 21.1 Å². The number of aromatic nitrogens is 3. The lowest BCUT2D eigenvalue weighted by Gasteiger charge is -2.34. The maximum Gasteiger partial charge on any atom is 0.217 e. The van der Waals surface area contributed by atoms with Crippen molar-refractivity contribution in [3.63, 3.8) is 0 Å². The Morgan fingerprint density at radius 3 is 2.48 bits per heavy atom. The lowest BCUT2D eigenvalue weighted by Crippen LogP contribution is -2.49. The van der Waals surface area contributed by atoms with E-state index in [0.29, 0.717) is 38.6 Å². The standard InChI is InChI=1S/C39H44N6O4S/c40-13-19-49-38-21-28(27-5-6-27)7-8-30(38)20-29-2-1-3-32(35(29)25-46)33-12-14-41-39-34(33)22-37(43-39)36-11-4-26(23-42-36)24-44-15-17-45(18-16-44)50(47,48)31-9-10-31/h1-4,7-8,11-12,14,21-23,27,31,46H,5-6,9-10,13,15-20,24-25,40H2,(H,41,43). The molecule has 0 spiro atoms. The summed E-state index contributed by atoms with van der Waals surface area (Å²) in [6.07, 6.45) is 8.38. The zero-order valence-electron chi connectivity index (χ0n) is 28.2. The quantitative estimate of drug-likeness (QED) is 0.153. The third-order valence-electron chi connectivity index (χ3n) is 10.3. The van der Waals surface area contributed by atoms with Crippen molar-refractivity contribution in [3.05, 3.63) is 101 Å². The van der Waals surface area contributed by atoms with E-state index in [1.54, 1.807) is 10.5 Å². The van der Waals surface area contributed by atoms with Gasteiger partial charge in [0.2, 0.25) is 10.0 Å². The first kappa shape index (κ1) is 33.0. The van der Waals surface area contributed by atoms with Crippen molar-refractivity contribution in [1.29, 1.82) is 0 Å². The number of benzene rings is 2. The summed E-state index contributed by atoms with van der Waals surface area (Å²) in [6.45, 7) is 4.08. The van der Waals surface area contributed by atoms with Gasteiger partial charge >= 0.3 is 0 Å². The monoisotopic (exact) mass is 692 g/mol. The second-order valence-electron chi connectivity index (χ2n) is 13.8. The average Bonchev–Trinajstić information content (AvgIpc) is 4.08. The number of hydrogen-bond donors (Lipinski definition) is 3. The topological polar surface area (TPSA) is 138 Å². The number of sulfonamides is 1. The van der Waals surface area contributed by atoms with E-state index in [0.717, 1.165) is 94.0 Å². The summed E-state index contributed by atoms with van der Waals surface area (Å²) in [5.74, 6) is 1.50. The number of pyridine rings is 2. The molecule has 8 rings (SSSR count). The Kier molecular flexibility index (Phi) is 9.17. The summed E-state index contributed by atoms with van der Waals surface area (Å²) in [4.78, 5) is 15.2. The molecule has 2 aliphatic carbocycles. The van der Waals surface area contributed by atoms with Gasteiger partial charge < -0.3 is 20.6 Å². The first-order valence-corrected chi connectivity index (χ1v) is 19.2. The molecular weight excluding hydrogens is 649 g/mol. The van der Waals surface area contributed by atoms with Crippen LogP contribution < -0.4 is 10.5 Å². The van der Waals surface area contributed by atoms with Crippen LogP contribution in [0.4, 0.5) is 0 Å². The van der Waals surface area contributed by atoms with Crippen LogP contribution >= 0.6 is 0 Å². The summed E-state index contributed by atoms with van der Waals surface area (Å²) in [5.41, 5.74) is 15.6. The smallest absolute Gasteiger partial charge is 0.217 e. The van der Waals surface area contributed by atoms with Crippen molar-refractivity contribution in [3.8, 4) is 28.3 Å². The van der Waals surface area contributed by atoms with Gasteiger partial charge in [0.15, 0.2) is 0 Å². The molecule has 5 aromatic rings. The number of nitrogens with two attached hydrogens (primary N) is 1. The van der Waals surface area contributed by atoms with Gasteiger partial charge in [-0.25, -0.2) is 13.4 Å². The third-order valence-corrected chi connectivity index (χ3v) is 12.7. The molecule has 50 heavy (non-hydrogen) atoms. The van der Waals surface area contributed by atoms with Crippen molar-refractivity contribution < 1.29 is 18.3 Å². The summed E-state index contributed by atoms with van der Waals surface area (Å²) in [7, 11) is -3.11. The van der Waals surface area contributed by atoms with E-state index in [9.17, 15) is 13.5 Å². The maximum atomic E-state index is 12.6. The predicted molar refractivity (Wildman–Crippen MR) is 195 cm³/mol. The van der Waals surface area contributed by atoms with E-state index in [1.807, 2.05) is 18.3 Å². The Bertz CT molecular complexity index is 2100. The van der Waals surface area contributed by atoms with Gasteiger partial charge in [0.1, 0.15) is 18.0 Å². The summed E-state index contributed by atoms with van der Waals surface area (Å²) in [6, 6.07) is 20.9. The minimum absolute atomic E-state index is 0.0971. The van der Waals surface area contributed by atoms with Crippen molar-refractivity contribution in [2.45, 2.75) is 56.4 Å². The molecule has 1 saturated heterocycles. The van der Waals surface area contributed by atoms with Crippen LogP contribution in [0.5, 0.6) is 5.75 Å². The van der Waals surface area contributed by atoms with Gasteiger partial charge in [-0.05, 0) is 94.8 Å². The van der Waals surface area contributed by atoms with Gasteiger partial charge in [0.25, 0.3) is 0 Å². The van der Waals surface area contributed by atoms with Crippen LogP contribution in [-0.4, -0.2) is 82.3 Å². The first-order chi connectivity index (χ1) is 24.4. The van der Waals surface area contributed by atoms with E-state index in [2.05, 4.69) is 63.4 Å². The number of aliphatic hydroxyl groups excluding tert-OH is 1. The molecule has 11 heteroatoms. The van der Waals surface area contributed by atoms with Gasteiger partial charge in [0.05, 0.1) is 23.2 Å². The number of aromatic amines is 1. The van der Waals surface area contributed by atoms with Gasteiger partial charge in [-0.15, -0.1) is 0 Å². The molecule has 0 unspecified atom stereocenters. The highest BCUT2D eigenvalue weighted by molar-refractivity contribution is 7.90. The molecule has 1 aliphatic heterocycles. The van der Waals surface area contributed by atoms with E-state index in [4.69, 9.17) is 15.5 Å². The Balaban J connectivity index is 1.01. The zero-order chi connectivity index (χ0) is 34.2. The highest BCUT2D eigenvalue weighted by Crippen LogP contribution is 2.42. The lowest BCUT2D eigenvalue weighted by molar-refractivity contribution is 0.181. The van der Waals surface area contributed by atoms with Crippen molar-refractivity contribution in [1.82, 2.24) is 24.2 Å². The van der Waals surface area contributed by atoms with E-state index < -0.39 is 10.0 Å². The zero-order valence-corrected chi connectivity index (χ0v) is 29.0. The van der Waals surface area contributed by atoms with Crippen LogP contribution in [0.25, 0.3) is 33.5 Å². The molecule has 3 aliphatic rings. The highest BCUT2D eigenvalue weighted by atomic mass is 32.2. The van der Waals surface area contributed by atoms with E-state index in [1.165, 1.54) is 18.4 Å². The van der Waals surface area contributed by atoms with Crippen LogP contribution in [0.2, 0.25) is 0 Å². The molecule has 3 fully saturated rings. The summed E-state index contributed by atoms with van der Waals surface area (Å²) in [5, 5.41) is 11.5. The molecule has 3 aromatic heterocycles. The number of rotatable bonds is 13. The van der Waals surface area contributed by atoms with E-state index >= 15 is 0 Å². The van der Waals surface area contributed by atoms with Crippen LogP contribution in [0, 0.1) is 0 Å². The number of fused-ring (bicyclic) bond motifs is 1. The number of aliphatic hydroxyl groups is 1. The second-order valence-corrected chi connectivity index (χ2v) is 16.0. The number of nitrogens with one attached hydrogen (secondary N) is 1. The molecule has 2 aromatic carbocycles. The van der Waals surface area contributed by atoms with Crippen molar-refractivity contribution in [2.24, 2.45) is 5.73 Å². The molecule has 10 nitrogen and oxygen atoms in total. The van der Waals surface area contributed by atoms with Crippen LogP contribution in [0.1, 0.15) is 59.4 Å². The van der Waals surface area contributed by atoms with Gasteiger partial charge in [0, 0.05) is 63.5 Å². The molecular formula is C39H44N6O4S. The maximum absolute atomic E-state index is 12.6. The number of ether oxygens (including phenoxy) is 1. The highest BCUT2D eigenvalue weighted by Gasteiger charge is 2.41. The predicted octanol–water partition coefficient (Wildman–Crippen LogP) is 5.20. The molecule has 4 heterocycles.